The topological polar surface area (TPSA) is 71.1 Å². The molecule has 0 aliphatic carbocycles. The SMILES string of the molecule is COC1CN2CC1N2C(=O)NC(=O)OC(C)(C)C. The van der Waals surface area contributed by atoms with Gasteiger partial charge < -0.3 is 9.47 Å². The maximum absolute atomic E-state index is 11.9. The lowest BCUT2D eigenvalue weighted by Crippen LogP contribution is -2.63. The lowest BCUT2D eigenvalue weighted by molar-refractivity contribution is -0.0642. The number of methoxy groups -OCH3 is 1. The van der Waals surface area contributed by atoms with Crippen LogP contribution in [0.25, 0.3) is 0 Å². The molecule has 3 aliphatic heterocycles. The average Bonchev–Trinajstić information content (AvgIpc) is 2.69. The molecular formula is C11H19N3O4. The first-order valence-corrected chi connectivity index (χ1v) is 5.92. The second-order valence-corrected chi connectivity index (χ2v) is 5.49. The van der Waals surface area contributed by atoms with Crippen molar-refractivity contribution in [1.29, 1.82) is 0 Å². The molecule has 3 rings (SSSR count). The van der Waals surface area contributed by atoms with E-state index in [0.29, 0.717) is 6.54 Å². The Kier molecular flexibility index (Phi) is 3.20. The van der Waals surface area contributed by atoms with E-state index in [0.717, 1.165) is 6.54 Å². The zero-order chi connectivity index (χ0) is 13.5. The molecule has 0 aromatic carbocycles. The van der Waals surface area contributed by atoms with Gasteiger partial charge in [-0.15, -0.1) is 0 Å². The second-order valence-electron chi connectivity index (χ2n) is 5.49. The molecule has 3 fully saturated rings. The molecule has 7 heteroatoms. The van der Waals surface area contributed by atoms with Crippen LogP contribution in [0.1, 0.15) is 20.8 Å². The number of imide groups is 1. The summed E-state index contributed by atoms with van der Waals surface area (Å²) in [5.41, 5.74) is -0.617. The van der Waals surface area contributed by atoms with E-state index in [2.05, 4.69) is 5.32 Å². The van der Waals surface area contributed by atoms with Crippen LogP contribution in [-0.4, -0.2) is 60.1 Å². The van der Waals surface area contributed by atoms with Crippen LogP contribution < -0.4 is 5.32 Å². The number of rotatable bonds is 1. The fourth-order valence-electron chi connectivity index (χ4n) is 2.22. The van der Waals surface area contributed by atoms with E-state index in [9.17, 15) is 9.59 Å². The standard InChI is InChI=1S/C11H19N3O4/c1-11(2,3)18-10(16)12-9(15)14-7-5-13(14)6-8(7)17-4/h7-8H,5-6H2,1-4H3,(H,12,15,16). The molecule has 0 spiro atoms. The molecular weight excluding hydrogens is 238 g/mol. The molecule has 3 aliphatic rings. The van der Waals surface area contributed by atoms with E-state index >= 15 is 0 Å². The van der Waals surface area contributed by atoms with Gasteiger partial charge in [0.2, 0.25) is 0 Å². The Hall–Kier alpha value is -1.34. The number of nitrogens with zero attached hydrogens (tertiary/aromatic N) is 2. The van der Waals surface area contributed by atoms with Crippen LogP contribution in [0.5, 0.6) is 0 Å². The Labute approximate surface area is 106 Å². The summed E-state index contributed by atoms with van der Waals surface area (Å²) >= 11 is 0. The third-order valence-corrected chi connectivity index (χ3v) is 2.96. The summed E-state index contributed by atoms with van der Waals surface area (Å²) in [7, 11) is 1.62. The lowest BCUT2D eigenvalue weighted by atomic mass is 10.2. The van der Waals surface area contributed by atoms with Crippen molar-refractivity contribution in [2.75, 3.05) is 20.2 Å². The van der Waals surface area contributed by atoms with Gasteiger partial charge >= 0.3 is 12.1 Å². The number of hydrogen-bond donors (Lipinski definition) is 1. The molecule has 0 aromatic rings. The Balaban J connectivity index is 1.85. The van der Waals surface area contributed by atoms with E-state index in [1.165, 1.54) is 5.01 Å². The zero-order valence-electron chi connectivity index (χ0n) is 11.1. The van der Waals surface area contributed by atoms with E-state index < -0.39 is 17.7 Å². The van der Waals surface area contributed by atoms with Gasteiger partial charge in [-0.2, -0.15) is 0 Å². The fourth-order valence-corrected chi connectivity index (χ4v) is 2.22. The molecule has 18 heavy (non-hydrogen) atoms. The highest BCUT2D eigenvalue weighted by atomic mass is 16.6. The first kappa shape index (κ1) is 13.1. The van der Waals surface area contributed by atoms with Gasteiger partial charge in [-0.3, -0.25) is 0 Å². The number of amides is 3. The summed E-state index contributed by atoms with van der Waals surface area (Å²) in [6.07, 6.45) is -0.705. The predicted octanol–water partition coefficient (Wildman–Crippen LogP) is 0.561. The van der Waals surface area contributed by atoms with Crippen molar-refractivity contribution in [2.45, 2.75) is 38.5 Å². The highest BCUT2D eigenvalue weighted by Gasteiger charge is 2.53. The quantitative estimate of drug-likeness (QED) is 0.743. The normalized spacial score (nSPS) is 29.8. The number of alkyl carbamates (subject to hydrolysis) is 1. The van der Waals surface area contributed by atoms with E-state index in [1.54, 1.807) is 27.9 Å². The minimum Gasteiger partial charge on any atom is -0.443 e. The number of ether oxygens (including phenoxy) is 2. The fraction of sp³-hybridized carbons (Fsp3) is 0.818. The second kappa shape index (κ2) is 4.40. The van der Waals surface area contributed by atoms with Crippen molar-refractivity contribution in [1.82, 2.24) is 15.3 Å². The van der Waals surface area contributed by atoms with E-state index in [1.807, 2.05) is 5.01 Å². The third kappa shape index (κ3) is 2.41. The summed E-state index contributed by atoms with van der Waals surface area (Å²) in [6.45, 7) is 6.71. The van der Waals surface area contributed by atoms with Gasteiger partial charge in [0.15, 0.2) is 0 Å². The molecule has 3 amide bonds. The summed E-state index contributed by atoms with van der Waals surface area (Å²) in [5.74, 6) is 0. The number of hydrazine groups is 1. The number of urea groups is 1. The van der Waals surface area contributed by atoms with Crippen molar-refractivity contribution in [2.24, 2.45) is 0 Å². The highest BCUT2D eigenvalue weighted by molar-refractivity contribution is 5.91. The summed E-state index contributed by atoms with van der Waals surface area (Å²) in [4.78, 5) is 23.3. The molecule has 0 saturated carbocycles. The van der Waals surface area contributed by atoms with Crippen LogP contribution in [0.4, 0.5) is 9.59 Å². The van der Waals surface area contributed by atoms with E-state index in [4.69, 9.17) is 9.47 Å². The number of carbonyl (C=O) groups is 2. The molecule has 3 saturated heterocycles. The first-order chi connectivity index (χ1) is 8.31. The Morgan fingerprint density at radius 2 is 1.94 bits per heavy atom. The van der Waals surface area contributed by atoms with Crippen LogP contribution in [0.3, 0.4) is 0 Å². The van der Waals surface area contributed by atoms with Gasteiger partial charge in [0, 0.05) is 20.2 Å². The van der Waals surface area contributed by atoms with Crippen LogP contribution >= 0.6 is 0 Å². The molecule has 3 atom stereocenters. The van der Waals surface area contributed by atoms with E-state index in [-0.39, 0.29) is 12.1 Å². The van der Waals surface area contributed by atoms with Gasteiger partial charge in [0.25, 0.3) is 0 Å². The molecule has 3 heterocycles. The van der Waals surface area contributed by atoms with Gasteiger partial charge in [0.05, 0.1) is 12.1 Å². The smallest absolute Gasteiger partial charge is 0.415 e. The molecule has 3 unspecified atom stereocenters. The number of hydrogen-bond acceptors (Lipinski definition) is 5. The van der Waals surface area contributed by atoms with Gasteiger partial charge in [-0.25, -0.2) is 24.9 Å². The summed E-state index contributed by atoms with van der Waals surface area (Å²) in [6, 6.07) is -0.433. The molecule has 0 radical (unpaired) electrons. The average molecular weight is 257 g/mol. The largest absolute Gasteiger partial charge is 0.443 e. The predicted molar refractivity (Wildman–Crippen MR) is 62.8 cm³/mol. The zero-order valence-corrected chi connectivity index (χ0v) is 11.1. The maximum Gasteiger partial charge on any atom is 0.415 e. The van der Waals surface area contributed by atoms with Gasteiger partial charge in [-0.1, -0.05) is 0 Å². The van der Waals surface area contributed by atoms with Crippen LogP contribution in [0, 0.1) is 0 Å². The summed E-state index contributed by atoms with van der Waals surface area (Å²) < 4.78 is 10.3. The molecule has 7 nitrogen and oxygen atoms in total. The summed E-state index contributed by atoms with van der Waals surface area (Å²) in [5, 5.41) is 5.57. The van der Waals surface area contributed by atoms with Crippen molar-refractivity contribution in [3.05, 3.63) is 0 Å². The van der Waals surface area contributed by atoms with Crippen molar-refractivity contribution < 1.29 is 19.1 Å². The minimum atomic E-state index is -0.728. The van der Waals surface area contributed by atoms with Crippen molar-refractivity contribution >= 4 is 12.1 Å². The minimum absolute atomic E-state index is 0.0226. The highest BCUT2D eigenvalue weighted by Crippen LogP contribution is 2.31. The number of nitrogens with one attached hydrogen (secondary N) is 1. The number of carbonyl (C=O) groups excluding carboxylic acids is 2. The monoisotopic (exact) mass is 257 g/mol. The Bertz CT molecular complexity index is 366. The Morgan fingerprint density at radius 1 is 1.28 bits per heavy atom. The van der Waals surface area contributed by atoms with Crippen LogP contribution in [0.2, 0.25) is 0 Å². The molecule has 1 N–H and O–H groups in total. The van der Waals surface area contributed by atoms with Crippen LogP contribution in [-0.2, 0) is 9.47 Å². The number of fused-ring (bicyclic) bond motifs is 1. The molecule has 102 valence electrons. The van der Waals surface area contributed by atoms with Crippen LogP contribution in [0.15, 0.2) is 0 Å². The van der Waals surface area contributed by atoms with Gasteiger partial charge in [0.1, 0.15) is 5.60 Å². The molecule has 2 bridgehead atoms. The first-order valence-electron chi connectivity index (χ1n) is 5.92. The third-order valence-electron chi connectivity index (χ3n) is 2.96. The van der Waals surface area contributed by atoms with Gasteiger partial charge in [-0.05, 0) is 20.8 Å². The van der Waals surface area contributed by atoms with Crippen molar-refractivity contribution in [3.8, 4) is 0 Å². The maximum atomic E-state index is 11.9. The lowest BCUT2D eigenvalue weighted by Gasteiger charge is -2.41. The molecule has 0 aromatic heterocycles. The van der Waals surface area contributed by atoms with Crippen molar-refractivity contribution in [3.63, 3.8) is 0 Å². The Morgan fingerprint density at radius 3 is 2.44 bits per heavy atom.